The van der Waals surface area contributed by atoms with Crippen LogP contribution in [0.2, 0.25) is 0 Å². The molecule has 6 heteroatoms. The molecule has 162 valence electrons. The average Bonchev–Trinajstić information content (AvgIpc) is 3.33. The fourth-order valence-corrected chi connectivity index (χ4v) is 6.16. The molecule has 0 spiro atoms. The second-order valence-corrected chi connectivity index (χ2v) is 9.33. The molecule has 2 atom stereocenters. The third-order valence-electron chi connectivity index (χ3n) is 6.27. The maximum absolute atomic E-state index is 13.8. The number of carboxylic acids is 1. The summed E-state index contributed by atoms with van der Waals surface area (Å²) in [6.07, 6.45) is -0.154. The highest BCUT2D eigenvalue weighted by molar-refractivity contribution is 7.99. The first-order chi connectivity index (χ1) is 15.5. The van der Waals surface area contributed by atoms with Crippen LogP contribution in [0.1, 0.15) is 35.1 Å². The molecule has 1 N–H and O–H groups in total. The van der Waals surface area contributed by atoms with Crippen LogP contribution in [0, 0.1) is 6.92 Å². The van der Waals surface area contributed by atoms with Crippen molar-refractivity contribution in [2.75, 3.05) is 5.75 Å². The number of hydrogen-bond donors (Lipinski definition) is 1. The number of imidazole rings is 1. The molecular formula is C26H24N2O3S. The number of carbonyl (C=O) groups is 1. The molecule has 1 unspecified atom stereocenters. The number of fused-ring (bicyclic) bond motifs is 2. The second kappa shape index (κ2) is 8.36. The van der Waals surface area contributed by atoms with Gasteiger partial charge in [0, 0.05) is 23.1 Å². The summed E-state index contributed by atoms with van der Waals surface area (Å²) in [5.74, 6) is 0.241. The minimum absolute atomic E-state index is 0.154. The first-order valence-electron chi connectivity index (χ1n) is 10.7. The summed E-state index contributed by atoms with van der Waals surface area (Å²) in [4.78, 5) is 26.8. The molecule has 1 aliphatic rings. The fraction of sp³-hybridized carbons (Fsp3) is 0.231. The number of rotatable bonds is 6. The molecule has 1 aromatic heterocycles. The van der Waals surface area contributed by atoms with Crippen molar-refractivity contribution in [2.45, 2.75) is 36.7 Å². The lowest BCUT2D eigenvalue weighted by Crippen LogP contribution is -2.30. The molecule has 0 saturated heterocycles. The summed E-state index contributed by atoms with van der Waals surface area (Å²) in [5.41, 5.74) is 4.85. The summed E-state index contributed by atoms with van der Waals surface area (Å²) in [6.45, 7) is 2.70. The normalized spacial score (nSPS) is 16.2. The van der Waals surface area contributed by atoms with Gasteiger partial charge in [0.15, 0.2) is 0 Å². The topological polar surface area (TPSA) is 64.2 Å². The molecule has 5 nitrogen and oxygen atoms in total. The lowest BCUT2D eigenvalue weighted by atomic mass is 9.96. The largest absolute Gasteiger partial charge is 0.481 e. The quantitative estimate of drug-likeness (QED) is 0.451. The summed E-state index contributed by atoms with van der Waals surface area (Å²) < 4.78 is 3.50. The number of carboxylic acid groups (broad SMARTS) is 1. The van der Waals surface area contributed by atoms with E-state index in [0.717, 1.165) is 22.3 Å². The molecule has 32 heavy (non-hydrogen) atoms. The van der Waals surface area contributed by atoms with Gasteiger partial charge in [0.05, 0.1) is 23.5 Å². The monoisotopic (exact) mass is 444 g/mol. The van der Waals surface area contributed by atoms with Crippen molar-refractivity contribution in [3.63, 3.8) is 0 Å². The zero-order valence-electron chi connectivity index (χ0n) is 17.8. The molecule has 0 radical (unpaired) electrons. The number of aromatic nitrogens is 2. The zero-order valence-corrected chi connectivity index (χ0v) is 18.6. The van der Waals surface area contributed by atoms with Gasteiger partial charge >= 0.3 is 11.7 Å². The summed E-state index contributed by atoms with van der Waals surface area (Å²) in [6, 6.07) is 22.9. The molecule has 4 aromatic rings. The summed E-state index contributed by atoms with van der Waals surface area (Å²) in [7, 11) is 0. The molecule has 0 saturated carbocycles. The van der Waals surface area contributed by atoms with E-state index in [-0.39, 0.29) is 18.0 Å². The number of hydrogen-bond acceptors (Lipinski definition) is 3. The smallest absolute Gasteiger partial charge is 0.329 e. The summed E-state index contributed by atoms with van der Waals surface area (Å²) in [5, 5.41) is 9.62. The molecule has 1 aliphatic heterocycles. The van der Waals surface area contributed by atoms with E-state index in [2.05, 4.69) is 25.1 Å². The highest BCUT2D eigenvalue weighted by atomic mass is 32.2. The molecule has 0 aliphatic carbocycles. The van der Waals surface area contributed by atoms with E-state index in [9.17, 15) is 14.7 Å². The van der Waals surface area contributed by atoms with Gasteiger partial charge in [-0.1, -0.05) is 54.6 Å². The molecule has 3 aromatic carbocycles. The van der Waals surface area contributed by atoms with Crippen molar-refractivity contribution in [3.8, 4) is 0 Å². The van der Waals surface area contributed by atoms with Crippen LogP contribution in [0.5, 0.6) is 0 Å². The predicted octanol–water partition coefficient (Wildman–Crippen LogP) is 5.07. The van der Waals surface area contributed by atoms with E-state index in [1.807, 2.05) is 70.9 Å². The number of aliphatic carboxylic acids is 1. The number of thioether (sulfide) groups is 1. The van der Waals surface area contributed by atoms with E-state index in [1.165, 1.54) is 16.0 Å². The van der Waals surface area contributed by atoms with E-state index >= 15 is 0 Å². The van der Waals surface area contributed by atoms with Crippen molar-refractivity contribution in [3.05, 3.63) is 100.0 Å². The molecule has 2 heterocycles. The highest BCUT2D eigenvalue weighted by Crippen LogP contribution is 2.42. The number of nitrogens with zero attached hydrogens (tertiary/aromatic N) is 2. The van der Waals surface area contributed by atoms with Crippen LogP contribution >= 0.6 is 11.8 Å². The number of para-hydroxylation sites is 2. The maximum Gasteiger partial charge on any atom is 0.329 e. The Morgan fingerprint density at radius 3 is 2.50 bits per heavy atom. The van der Waals surface area contributed by atoms with Crippen molar-refractivity contribution in [1.29, 1.82) is 0 Å². The van der Waals surface area contributed by atoms with Crippen LogP contribution in [-0.4, -0.2) is 26.0 Å². The van der Waals surface area contributed by atoms with Crippen LogP contribution in [0.3, 0.4) is 0 Å². The maximum atomic E-state index is 13.8. The fourth-order valence-electron chi connectivity index (χ4n) is 4.85. The number of benzene rings is 3. The van der Waals surface area contributed by atoms with E-state index in [4.69, 9.17) is 0 Å². The van der Waals surface area contributed by atoms with Gasteiger partial charge in [-0.15, -0.1) is 11.8 Å². The molecule has 0 bridgehead atoms. The Morgan fingerprint density at radius 1 is 1.03 bits per heavy atom. The van der Waals surface area contributed by atoms with Gasteiger partial charge in [-0.05, 0) is 41.8 Å². The Balaban J connectivity index is 1.65. The Labute approximate surface area is 190 Å². The highest BCUT2D eigenvalue weighted by Gasteiger charge is 2.29. The third-order valence-corrected chi connectivity index (χ3v) is 7.50. The van der Waals surface area contributed by atoms with E-state index in [0.29, 0.717) is 6.54 Å². The Bertz CT molecular complexity index is 1360. The van der Waals surface area contributed by atoms with Crippen LogP contribution in [-0.2, 0) is 11.3 Å². The zero-order chi connectivity index (χ0) is 22.2. The van der Waals surface area contributed by atoms with Gasteiger partial charge in [-0.25, -0.2) is 4.79 Å². The Kier molecular flexibility index (Phi) is 5.39. The standard InChI is InChI=1S/C26H24N2O3S/c1-17-8-7-13-23-25(17)19(16-32-23)15-27-20-11-5-6-12-21(20)28(26(27)31)22(14-24(29)30)18-9-3-2-4-10-18/h2-13,19,22H,14-16H2,1H3,(H,29,30)/t19?,22-/m1/s1. The Morgan fingerprint density at radius 2 is 1.75 bits per heavy atom. The predicted molar refractivity (Wildman–Crippen MR) is 128 cm³/mol. The van der Waals surface area contributed by atoms with Gasteiger partial charge in [-0.2, -0.15) is 0 Å². The van der Waals surface area contributed by atoms with Gasteiger partial charge in [0.1, 0.15) is 0 Å². The van der Waals surface area contributed by atoms with Crippen molar-refractivity contribution >= 4 is 28.8 Å². The summed E-state index contributed by atoms with van der Waals surface area (Å²) >= 11 is 1.84. The van der Waals surface area contributed by atoms with Gasteiger partial charge < -0.3 is 5.11 Å². The molecule has 0 amide bonds. The van der Waals surface area contributed by atoms with Crippen LogP contribution < -0.4 is 5.69 Å². The Hall–Kier alpha value is -3.25. The first-order valence-corrected chi connectivity index (χ1v) is 11.7. The van der Waals surface area contributed by atoms with Crippen LogP contribution in [0.4, 0.5) is 0 Å². The van der Waals surface area contributed by atoms with Crippen molar-refractivity contribution < 1.29 is 9.90 Å². The minimum Gasteiger partial charge on any atom is -0.481 e. The van der Waals surface area contributed by atoms with E-state index in [1.54, 1.807) is 4.57 Å². The lowest BCUT2D eigenvalue weighted by molar-refractivity contribution is -0.137. The van der Waals surface area contributed by atoms with Crippen molar-refractivity contribution in [2.24, 2.45) is 0 Å². The van der Waals surface area contributed by atoms with Crippen LogP contribution in [0.15, 0.2) is 82.5 Å². The van der Waals surface area contributed by atoms with Crippen LogP contribution in [0.25, 0.3) is 11.0 Å². The van der Waals surface area contributed by atoms with E-state index < -0.39 is 12.0 Å². The molecular weight excluding hydrogens is 420 g/mol. The van der Waals surface area contributed by atoms with Gasteiger partial charge in [-0.3, -0.25) is 13.9 Å². The van der Waals surface area contributed by atoms with Gasteiger partial charge in [0.2, 0.25) is 0 Å². The average molecular weight is 445 g/mol. The number of aryl methyl sites for hydroxylation is 1. The first kappa shape index (κ1) is 20.6. The van der Waals surface area contributed by atoms with Gasteiger partial charge in [0.25, 0.3) is 0 Å². The molecule has 0 fully saturated rings. The van der Waals surface area contributed by atoms with Crippen molar-refractivity contribution in [1.82, 2.24) is 9.13 Å². The lowest BCUT2D eigenvalue weighted by Gasteiger charge is -2.18. The second-order valence-electron chi connectivity index (χ2n) is 8.27. The minimum atomic E-state index is -0.931. The molecule has 5 rings (SSSR count). The SMILES string of the molecule is Cc1cccc2c1C(Cn1c(=O)n([C@H](CC(=O)O)c3ccccc3)c3ccccc31)CS2. The third kappa shape index (κ3) is 3.54.